The van der Waals surface area contributed by atoms with Gasteiger partial charge in [0.1, 0.15) is 11.4 Å². The van der Waals surface area contributed by atoms with Gasteiger partial charge in [-0.15, -0.1) is 21.5 Å². The molecular formula is C28H14F6N2S. The van der Waals surface area contributed by atoms with E-state index >= 15 is 0 Å². The summed E-state index contributed by atoms with van der Waals surface area (Å²) < 4.78 is 82.0. The zero-order chi connectivity index (χ0) is 25.9. The van der Waals surface area contributed by atoms with Crippen molar-refractivity contribution in [3.05, 3.63) is 96.1 Å². The van der Waals surface area contributed by atoms with Crippen molar-refractivity contribution in [2.45, 2.75) is 12.4 Å². The second kappa shape index (κ2) is 8.27. The van der Waals surface area contributed by atoms with E-state index in [9.17, 15) is 26.3 Å². The van der Waals surface area contributed by atoms with Crippen LogP contribution < -0.4 is 0 Å². The lowest BCUT2D eigenvalue weighted by molar-refractivity contribution is -0.162. The summed E-state index contributed by atoms with van der Waals surface area (Å²) in [5, 5.41) is 12.5. The molecular weight excluding hydrogens is 510 g/mol. The minimum absolute atomic E-state index is 0.0739. The predicted molar refractivity (Wildman–Crippen MR) is 133 cm³/mol. The molecule has 0 spiro atoms. The van der Waals surface area contributed by atoms with Gasteiger partial charge in [-0.1, -0.05) is 48.5 Å². The normalized spacial score (nSPS) is 12.6. The molecule has 6 rings (SSSR count). The maximum atomic E-state index is 13.6. The number of hydrogen-bond acceptors (Lipinski definition) is 3. The van der Waals surface area contributed by atoms with Gasteiger partial charge in [0.05, 0.1) is 16.0 Å². The zero-order valence-corrected chi connectivity index (χ0v) is 19.5. The van der Waals surface area contributed by atoms with Gasteiger partial charge in [-0.2, -0.15) is 26.3 Å². The molecule has 2 nitrogen and oxygen atoms in total. The molecule has 0 aliphatic carbocycles. The number of nitrogens with zero attached hydrogens (tertiary/aromatic N) is 2. The summed E-state index contributed by atoms with van der Waals surface area (Å²) in [7, 11) is 0. The summed E-state index contributed by atoms with van der Waals surface area (Å²) in [6.07, 6.45) is -10.4. The number of rotatable bonds is 2. The second-order valence-electron chi connectivity index (χ2n) is 8.55. The van der Waals surface area contributed by atoms with Gasteiger partial charge in [-0.05, 0) is 52.6 Å². The van der Waals surface area contributed by atoms with Gasteiger partial charge in [0.25, 0.3) is 0 Å². The molecule has 0 N–H and O–H groups in total. The molecule has 4 aromatic carbocycles. The van der Waals surface area contributed by atoms with E-state index in [1.54, 1.807) is 6.07 Å². The Morgan fingerprint density at radius 3 is 1.73 bits per heavy atom. The fourth-order valence-electron chi connectivity index (χ4n) is 4.51. The Morgan fingerprint density at radius 2 is 1.11 bits per heavy atom. The molecule has 0 aliphatic heterocycles. The predicted octanol–water partition coefficient (Wildman–Crippen LogP) is 9.37. The van der Waals surface area contributed by atoms with Crippen LogP contribution in [0.3, 0.4) is 0 Å². The highest BCUT2D eigenvalue weighted by Crippen LogP contribution is 2.44. The summed E-state index contributed by atoms with van der Waals surface area (Å²) in [6, 6.07) is 22.8. The van der Waals surface area contributed by atoms with E-state index in [4.69, 9.17) is 0 Å². The smallest absolute Gasteiger partial charge is 0.166 e. The Balaban J connectivity index is 1.64. The van der Waals surface area contributed by atoms with Gasteiger partial charge in [0.15, 0.2) is 0 Å². The first kappa shape index (κ1) is 23.4. The number of thiophene rings is 1. The first-order valence-electron chi connectivity index (χ1n) is 11.1. The lowest BCUT2D eigenvalue weighted by Gasteiger charge is -2.17. The molecule has 0 bridgehead atoms. The Morgan fingerprint density at radius 1 is 0.541 bits per heavy atom. The topological polar surface area (TPSA) is 25.8 Å². The third kappa shape index (κ3) is 4.09. The average molecular weight is 524 g/mol. The van der Waals surface area contributed by atoms with Crippen molar-refractivity contribution < 1.29 is 26.3 Å². The first-order chi connectivity index (χ1) is 17.6. The Labute approximate surface area is 209 Å². The van der Waals surface area contributed by atoms with Gasteiger partial charge in [-0.25, -0.2) is 0 Å². The van der Waals surface area contributed by atoms with Crippen LogP contribution in [0.25, 0.3) is 53.5 Å². The highest BCUT2D eigenvalue weighted by Gasteiger charge is 2.43. The lowest BCUT2D eigenvalue weighted by Crippen LogP contribution is -2.16. The molecule has 0 amide bonds. The van der Waals surface area contributed by atoms with E-state index in [1.165, 1.54) is 11.3 Å². The highest BCUT2D eigenvalue weighted by molar-refractivity contribution is 7.22. The van der Waals surface area contributed by atoms with E-state index < -0.39 is 23.5 Å². The molecule has 2 heterocycles. The molecule has 0 unspecified atom stereocenters. The summed E-state index contributed by atoms with van der Waals surface area (Å²) in [5.74, 6) is 0. The first-order valence-corrected chi connectivity index (χ1v) is 11.9. The largest absolute Gasteiger partial charge is 0.417 e. The van der Waals surface area contributed by atoms with Crippen molar-refractivity contribution in [2.75, 3.05) is 0 Å². The van der Waals surface area contributed by atoms with Crippen molar-refractivity contribution in [1.82, 2.24) is 10.2 Å². The minimum Gasteiger partial charge on any atom is -0.166 e. The van der Waals surface area contributed by atoms with Crippen LogP contribution >= 0.6 is 11.3 Å². The number of benzene rings is 4. The Kier molecular flexibility index (Phi) is 5.24. The molecule has 2 aromatic heterocycles. The van der Waals surface area contributed by atoms with Crippen LogP contribution in [0.4, 0.5) is 26.3 Å². The van der Waals surface area contributed by atoms with E-state index in [-0.39, 0.29) is 11.3 Å². The maximum absolute atomic E-state index is 13.6. The summed E-state index contributed by atoms with van der Waals surface area (Å²) in [5.41, 5.74) is -2.98. The maximum Gasteiger partial charge on any atom is 0.417 e. The molecule has 0 radical (unpaired) electrons. The van der Waals surface area contributed by atoms with Crippen LogP contribution in [-0.2, 0) is 12.4 Å². The molecule has 184 valence electrons. The molecule has 9 heteroatoms. The number of aromatic nitrogens is 2. The monoisotopic (exact) mass is 524 g/mol. The van der Waals surface area contributed by atoms with Crippen LogP contribution in [0.1, 0.15) is 11.1 Å². The Hall–Kier alpha value is -3.98. The highest BCUT2D eigenvalue weighted by atomic mass is 32.1. The third-order valence-corrected chi connectivity index (χ3v) is 7.33. The van der Waals surface area contributed by atoms with Crippen LogP contribution in [0.2, 0.25) is 0 Å². The summed E-state index contributed by atoms with van der Waals surface area (Å²) in [4.78, 5) is 0.823. The van der Waals surface area contributed by atoms with Crippen LogP contribution in [0.5, 0.6) is 0 Å². The molecule has 37 heavy (non-hydrogen) atoms. The fraction of sp³-hybridized carbons (Fsp3) is 0.0714. The van der Waals surface area contributed by atoms with Crippen molar-refractivity contribution in [3.8, 4) is 21.8 Å². The van der Waals surface area contributed by atoms with E-state index in [2.05, 4.69) is 10.2 Å². The van der Waals surface area contributed by atoms with Crippen molar-refractivity contribution in [1.29, 1.82) is 0 Å². The van der Waals surface area contributed by atoms with Gasteiger partial charge in [0, 0.05) is 21.0 Å². The number of hydrogen-bond donors (Lipinski definition) is 0. The lowest BCUT2D eigenvalue weighted by atomic mass is 9.96. The van der Waals surface area contributed by atoms with E-state index in [0.717, 1.165) is 31.8 Å². The molecule has 0 atom stereocenters. The van der Waals surface area contributed by atoms with Gasteiger partial charge >= 0.3 is 12.4 Å². The number of alkyl halides is 6. The van der Waals surface area contributed by atoms with Gasteiger partial charge in [0.2, 0.25) is 0 Å². The summed E-state index contributed by atoms with van der Waals surface area (Å²) in [6.45, 7) is 0. The zero-order valence-electron chi connectivity index (χ0n) is 18.7. The number of fused-ring (bicyclic) bond motifs is 3. The van der Waals surface area contributed by atoms with Crippen LogP contribution in [-0.4, -0.2) is 10.2 Å². The molecule has 0 fully saturated rings. The molecule has 0 aliphatic rings. The minimum atomic E-state index is -5.20. The molecule has 6 aromatic rings. The third-order valence-electron chi connectivity index (χ3n) is 6.21. The second-order valence-corrected chi connectivity index (χ2v) is 9.63. The quantitative estimate of drug-likeness (QED) is 0.167. The molecule has 0 saturated carbocycles. The van der Waals surface area contributed by atoms with Crippen LogP contribution in [0, 0.1) is 0 Å². The van der Waals surface area contributed by atoms with Crippen molar-refractivity contribution >= 4 is 43.0 Å². The number of halogens is 6. The standard InChI is InChI=1S/C28H14F6N2S/c29-27(30,31)21-10-9-18(13-22(21)28(32,33)34)25-19-11-15-5-1-2-6-16(15)12-20(19)26(36-35-25)24-14-17-7-3-4-8-23(17)37-24/h1-14H. The van der Waals surface area contributed by atoms with Crippen molar-refractivity contribution in [3.63, 3.8) is 0 Å². The van der Waals surface area contributed by atoms with Gasteiger partial charge in [-0.3, -0.25) is 0 Å². The average Bonchev–Trinajstić information content (AvgIpc) is 3.29. The summed E-state index contributed by atoms with van der Waals surface area (Å²) >= 11 is 1.51. The van der Waals surface area contributed by atoms with Crippen LogP contribution in [0.15, 0.2) is 84.9 Å². The fourth-order valence-corrected chi connectivity index (χ4v) is 5.57. The van der Waals surface area contributed by atoms with E-state index in [0.29, 0.717) is 28.6 Å². The SMILES string of the molecule is FC(F)(F)c1ccc(-c2nnc(-c3cc4ccccc4s3)c3cc4ccccc4cc23)cc1C(F)(F)F. The Bertz CT molecular complexity index is 1790. The van der Waals surface area contributed by atoms with E-state index in [1.807, 2.05) is 60.7 Å². The van der Waals surface area contributed by atoms with Crippen molar-refractivity contribution in [2.24, 2.45) is 0 Å². The molecule has 0 saturated heterocycles. The van der Waals surface area contributed by atoms with Gasteiger partial charge < -0.3 is 0 Å².